The molecule has 0 amide bonds. The van der Waals surface area contributed by atoms with Crippen molar-refractivity contribution in [3.8, 4) is 0 Å². The molecule has 0 saturated heterocycles. The van der Waals surface area contributed by atoms with Crippen molar-refractivity contribution in [2.45, 2.75) is 27.1 Å². The van der Waals surface area contributed by atoms with Gasteiger partial charge >= 0.3 is 0 Å². The Kier molecular flexibility index (Phi) is 3.36. The van der Waals surface area contributed by atoms with Gasteiger partial charge in [-0.15, -0.1) is 5.11 Å². The Hall–Kier alpha value is -1.84. The van der Waals surface area contributed by atoms with E-state index in [0.717, 1.165) is 5.69 Å². The Morgan fingerprint density at radius 1 is 0.944 bits per heavy atom. The van der Waals surface area contributed by atoms with E-state index in [1.807, 2.05) is 36.3 Å². The summed E-state index contributed by atoms with van der Waals surface area (Å²) < 4.78 is 0. The van der Waals surface area contributed by atoms with Gasteiger partial charge in [-0.25, -0.2) is 0 Å². The molecule has 0 aliphatic carbocycles. The summed E-state index contributed by atoms with van der Waals surface area (Å²) in [5.41, 5.74) is 4.59. The molecule has 1 aromatic rings. The van der Waals surface area contributed by atoms with E-state index in [9.17, 15) is 0 Å². The van der Waals surface area contributed by atoms with E-state index in [4.69, 9.17) is 0 Å². The van der Waals surface area contributed by atoms with E-state index in [0.29, 0.717) is 0 Å². The van der Waals surface area contributed by atoms with E-state index in [2.05, 4.69) is 43.1 Å². The van der Waals surface area contributed by atoms with E-state index < -0.39 is 0 Å². The van der Waals surface area contributed by atoms with Crippen molar-refractivity contribution in [3.63, 3.8) is 0 Å². The number of azo groups is 1. The molecule has 0 N–H and O–H groups in total. The molecule has 2 rings (SSSR count). The van der Waals surface area contributed by atoms with Crippen LogP contribution in [-0.4, -0.2) is 30.2 Å². The van der Waals surface area contributed by atoms with Gasteiger partial charge in [-0.05, 0) is 31.9 Å². The predicted octanol–water partition coefficient (Wildman–Crippen LogP) is 3.33. The third kappa shape index (κ3) is 2.37. The van der Waals surface area contributed by atoms with Gasteiger partial charge in [0, 0.05) is 26.5 Å². The van der Waals surface area contributed by atoms with Crippen LogP contribution in [0.2, 0.25) is 0 Å². The lowest BCUT2D eigenvalue weighted by Gasteiger charge is -2.22. The summed E-state index contributed by atoms with van der Waals surface area (Å²) in [5, 5.41) is 8.85. The van der Waals surface area contributed by atoms with Crippen molar-refractivity contribution in [1.82, 2.24) is 9.80 Å². The van der Waals surface area contributed by atoms with Crippen LogP contribution in [0.25, 0.3) is 0 Å². The van der Waals surface area contributed by atoms with E-state index in [1.165, 1.54) is 16.7 Å². The molecule has 0 radical (unpaired) electrons. The highest BCUT2D eigenvalue weighted by Gasteiger charge is 2.19. The molecule has 0 aromatic heterocycles. The first kappa shape index (κ1) is 12.6. The van der Waals surface area contributed by atoms with Crippen molar-refractivity contribution in [1.29, 1.82) is 0 Å². The minimum atomic E-state index is -0.0369. The van der Waals surface area contributed by atoms with Gasteiger partial charge in [0.2, 0.25) is 6.29 Å². The van der Waals surface area contributed by atoms with Crippen LogP contribution in [0.15, 0.2) is 34.8 Å². The second-order valence-corrected chi connectivity index (χ2v) is 4.94. The quantitative estimate of drug-likeness (QED) is 0.747. The van der Waals surface area contributed by atoms with Gasteiger partial charge in [0.25, 0.3) is 0 Å². The van der Waals surface area contributed by atoms with Gasteiger partial charge in [0.05, 0.1) is 5.69 Å². The maximum Gasteiger partial charge on any atom is 0.217 e. The molecule has 4 nitrogen and oxygen atoms in total. The van der Waals surface area contributed by atoms with E-state index in [1.54, 1.807) is 0 Å². The van der Waals surface area contributed by atoms with Crippen LogP contribution in [0.4, 0.5) is 5.69 Å². The summed E-state index contributed by atoms with van der Waals surface area (Å²) in [6.45, 7) is 6.26. The van der Waals surface area contributed by atoms with Crippen LogP contribution in [0.3, 0.4) is 0 Å². The van der Waals surface area contributed by atoms with Gasteiger partial charge in [-0.1, -0.05) is 17.7 Å². The number of nitrogens with zero attached hydrogens (tertiary/aromatic N) is 4. The molecular weight excluding hydrogens is 224 g/mol. The van der Waals surface area contributed by atoms with Crippen LogP contribution < -0.4 is 0 Å². The Labute approximate surface area is 109 Å². The van der Waals surface area contributed by atoms with Crippen molar-refractivity contribution >= 4 is 5.69 Å². The first-order valence-corrected chi connectivity index (χ1v) is 6.10. The lowest BCUT2D eigenvalue weighted by atomic mass is 10.1. The van der Waals surface area contributed by atoms with Crippen molar-refractivity contribution in [2.75, 3.05) is 14.1 Å². The summed E-state index contributed by atoms with van der Waals surface area (Å²) in [6.07, 6.45) is 3.96. The Bertz CT molecular complexity index is 470. The number of hydrogen-bond acceptors (Lipinski definition) is 4. The number of benzene rings is 1. The second kappa shape index (κ2) is 4.80. The predicted molar refractivity (Wildman–Crippen MR) is 73.6 cm³/mol. The van der Waals surface area contributed by atoms with Gasteiger partial charge < -0.3 is 9.80 Å². The molecule has 1 aliphatic heterocycles. The standard InChI is InChI=1S/C14H20N4/c1-10-8-11(2)13(12(3)9-10)15-16-14-17(4)6-7-18(14)5/h6-9,14H,1-5H3. The molecule has 1 aliphatic rings. The third-order valence-electron chi connectivity index (χ3n) is 3.16. The lowest BCUT2D eigenvalue weighted by Crippen LogP contribution is -2.31. The summed E-state index contributed by atoms with van der Waals surface area (Å²) in [5.74, 6) is 0. The summed E-state index contributed by atoms with van der Waals surface area (Å²) in [6, 6.07) is 4.28. The fourth-order valence-corrected chi connectivity index (χ4v) is 2.25. The largest absolute Gasteiger partial charge is 0.340 e. The third-order valence-corrected chi connectivity index (χ3v) is 3.16. The highest BCUT2D eigenvalue weighted by molar-refractivity contribution is 5.53. The average Bonchev–Trinajstić information content (AvgIpc) is 2.58. The van der Waals surface area contributed by atoms with E-state index in [-0.39, 0.29) is 6.29 Å². The monoisotopic (exact) mass is 244 g/mol. The van der Waals surface area contributed by atoms with Gasteiger partial charge in [-0.2, -0.15) is 5.11 Å². The molecule has 0 atom stereocenters. The zero-order chi connectivity index (χ0) is 13.3. The van der Waals surface area contributed by atoms with E-state index >= 15 is 0 Å². The topological polar surface area (TPSA) is 31.2 Å². The molecule has 0 fully saturated rings. The van der Waals surface area contributed by atoms with Gasteiger partial charge in [0.1, 0.15) is 0 Å². The number of rotatable bonds is 2. The fourth-order valence-electron chi connectivity index (χ4n) is 2.25. The average molecular weight is 244 g/mol. The lowest BCUT2D eigenvalue weighted by molar-refractivity contribution is 0.206. The molecule has 0 spiro atoms. The summed E-state index contributed by atoms with van der Waals surface area (Å²) in [7, 11) is 4.00. The highest BCUT2D eigenvalue weighted by Crippen LogP contribution is 2.26. The van der Waals surface area contributed by atoms with Crippen LogP contribution in [0, 0.1) is 20.8 Å². The Morgan fingerprint density at radius 2 is 1.44 bits per heavy atom. The maximum absolute atomic E-state index is 4.43. The molecular formula is C14H20N4. The van der Waals surface area contributed by atoms with Crippen LogP contribution in [0.1, 0.15) is 16.7 Å². The minimum absolute atomic E-state index is 0.0369. The summed E-state index contributed by atoms with van der Waals surface area (Å²) >= 11 is 0. The molecule has 18 heavy (non-hydrogen) atoms. The minimum Gasteiger partial charge on any atom is -0.340 e. The highest BCUT2D eigenvalue weighted by atomic mass is 15.5. The number of aryl methyl sites for hydroxylation is 3. The normalized spacial score (nSPS) is 16.3. The van der Waals surface area contributed by atoms with Crippen molar-refractivity contribution < 1.29 is 0 Å². The smallest absolute Gasteiger partial charge is 0.217 e. The molecule has 4 heteroatoms. The van der Waals surface area contributed by atoms with Gasteiger partial charge in [0.15, 0.2) is 0 Å². The fraction of sp³-hybridized carbons (Fsp3) is 0.429. The molecule has 0 saturated carbocycles. The zero-order valence-electron chi connectivity index (χ0n) is 11.7. The van der Waals surface area contributed by atoms with Crippen LogP contribution >= 0.6 is 0 Å². The maximum atomic E-state index is 4.43. The Balaban J connectivity index is 2.24. The van der Waals surface area contributed by atoms with Crippen LogP contribution in [0.5, 0.6) is 0 Å². The molecule has 1 aromatic carbocycles. The van der Waals surface area contributed by atoms with Crippen LogP contribution in [-0.2, 0) is 0 Å². The Morgan fingerprint density at radius 3 is 1.94 bits per heavy atom. The van der Waals surface area contributed by atoms with Crippen molar-refractivity contribution in [3.05, 3.63) is 41.2 Å². The molecule has 1 heterocycles. The number of hydrogen-bond donors (Lipinski definition) is 0. The molecule has 0 unspecified atom stereocenters. The summed E-state index contributed by atoms with van der Waals surface area (Å²) in [4.78, 5) is 4.06. The first-order valence-electron chi connectivity index (χ1n) is 6.10. The second-order valence-electron chi connectivity index (χ2n) is 4.94. The van der Waals surface area contributed by atoms with Crippen molar-refractivity contribution in [2.24, 2.45) is 10.2 Å². The SMILES string of the molecule is Cc1cc(C)c(N=NC2N(C)C=CN2C)c(C)c1. The zero-order valence-corrected chi connectivity index (χ0v) is 11.7. The van der Waals surface area contributed by atoms with Gasteiger partial charge in [-0.3, -0.25) is 0 Å². The molecule has 96 valence electrons. The molecule has 0 bridgehead atoms. The first-order chi connectivity index (χ1) is 8.49.